The first-order chi connectivity index (χ1) is 19.5. The molecule has 0 saturated carbocycles. The minimum atomic E-state index is -0.774. The number of nitrogens with one attached hydrogen (secondary N) is 3. The van der Waals surface area contributed by atoms with E-state index in [2.05, 4.69) is 66.2 Å². The number of fused-ring (bicyclic) bond motifs is 1. The minimum Gasteiger partial charge on any atom is -0.347 e. The van der Waals surface area contributed by atoms with Crippen LogP contribution in [-0.4, -0.2) is 54.3 Å². The minimum absolute atomic E-state index is 0. The zero-order chi connectivity index (χ0) is 30.2. The fraction of sp³-hybridized carbons (Fsp3) is 0.559. The normalized spacial score (nSPS) is 21.4. The first-order valence-corrected chi connectivity index (χ1v) is 15.2. The molecular formula is C34H56N4O3. The standard InChI is InChI=1S/C31H42N4O3.C3H8.3H2/c1-20(32-5)28(36)34-27(31(2,3)4)30(38)35-19-23-14-8-6-7-13-22(23)18-26(35)29(37)33-25-17-11-15-21-12-9-10-16-24(21)25;1-3-2;;;/h7-10,12-14,16,20,25-27,32H,6,11,15,17-19H2,1-5H3,(H,33,37)(H,34,36);3H2,1-2H3;3*1H/t20-,25+,26-,27+;;;;/m0..../s1. The van der Waals surface area contributed by atoms with Gasteiger partial charge in [-0.05, 0) is 67.3 Å². The lowest BCUT2D eigenvalue weighted by atomic mass is 9.83. The smallest absolute Gasteiger partial charge is 0.246 e. The molecule has 230 valence electrons. The summed E-state index contributed by atoms with van der Waals surface area (Å²) in [5.41, 5.74) is 4.03. The van der Waals surface area contributed by atoms with Gasteiger partial charge in [-0.15, -0.1) is 0 Å². The summed E-state index contributed by atoms with van der Waals surface area (Å²) in [5.74, 6) is -0.614. The molecule has 0 aromatic heterocycles. The zero-order valence-corrected chi connectivity index (χ0v) is 26.0. The Kier molecular flexibility index (Phi) is 11.5. The molecule has 0 bridgehead atoms. The van der Waals surface area contributed by atoms with Crippen LogP contribution in [0.25, 0.3) is 0 Å². The number of nitrogens with zero attached hydrogens (tertiary/aromatic N) is 1. The number of carbonyl (C=O) groups is 3. The second-order valence-corrected chi connectivity index (χ2v) is 12.5. The predicted octanol–water partition coefficient (Wildman–Crippen LogP) is 5.89. The number of likely N-dealkylation sites (N-methyl/N-ethyl adjacent to an activating group) is 1. The van der Waals surface area contributed by atoms with E-state index in [9.17, 15) is 14.4 Å². The number of aryl methyl sites for hydroxylation is 1. The third-order valence-electron chi connectivity index (χ3n) is 7.95. The number of hydrogen-bond acceptors (Lipinski definition) is 4. The average Bonchev–Trinajstić information content (AvgIpc) is 3.19. The molecule has 1 aromatic carbocycles. The molecule has 3 N–H and O–H groups in total. The lowest BCUT2D eigenvalue weighted by Crippen LogP contribution is -2.62. The number of amides is 3. The Labute approximate surface area is 251 Å². The van der Waals surface area contributed by atoms with Crippen molar-refractivity contribution in [1.29, 1.82) is 0 Å². The predicted molar refractivity (Wildman–Crippen MR) is 173 cm³/mol. The molecule has 7 nitrogen and oxygen atoms in total. The molecule has 3 amide bonds. The lowest BCUT2D eigenvalue weighted by Gasteiger charge is -2.42. The van der Waals surface area contributed by atoms with Crippen molar-refractivity contribution in [2.75, 3.05) is 13.6 Å². The maximum atomic E-state index is 14.2. The van der Waals surface area contributed by atoms with Crippen molar-refractivity contribution in [3.05, 3.63) is 70.8 Å². The fourth-order valence-corrected chi connectivity index (χ4v) is 5.53. The average molecular weight is 569 g/mol. The Morgan fingerprint density at radius 1 is 1.07 bits per heavy atom. The quantitative estimate of drug-likeness (QED) is 0.399. The molecule has 1 aromatic rings. The van der Waals surface area contributed by atoms with Crippen molar-refractivity contribution in [2.45, 2.75) is 104 Å². The Morgan fingerprint density at radius 3 is 2.39 bits per heavy atom. The first-order valence-electron chi connectivity index (χ1n) is 15.2. The second-order valence-electron chi connectivity index (χ2n) is 12.5. The highest BCUT2D eigenvalue weighted by molar-refractivity contribution is 5.94. The van der Waals surface area contributed by atoms with Crippen LogP contribution in [0.15, 0.2) is 59.7 Å². The van der Waals surface area contributed by atoms with Gasteiger partial charge in [-0.25, -0.2) is 0 Å². The summed E-state index contributed by atoms with van der Waals surface area (Å²) in [4.78, 5) is 42.7. The van der Waals surface area contributed by atoms with E-state index in [1.165, 1.54) is 17.5 Å². The van der Waals surface area contributed by atoms with Gasteiger partial charge in [-0.2, -0.15) is 0 Å². The maximum Gasteiger partial charge on any atom is 0.246 e. The highest BCUT2D eigenvalue weighted by Gasteiger charge is 2.43. The number of carbonyl (C=O) groups excluding carboxylic acids is 3. The first kappa shape index (κ1) is 32.3. The molecule has 7 heteroatoms. The summed E-state index contributed by atoms with van der Waals surface area (Å²) in [7, 11) is 1.71. The van der Waals surface area contributed by atoms with Crippen LogP contribution in [-0.2, 0) is 20.8 Å². The molecule has 0 fully saturated rings. The summed E-state index contributed by atoms with van der Waals surface area (Å²) >= 11 is 0. The third kappa shape index (κ3) is 8.19. The molecule has 41 heavy (non-hydrogen) atoms. The van der Waals surface area contributed by atoms with Crippen LogP contribution in [0.3, 0.4) is 0 Å². The second kappa shape index (κ2) is 14.6. The number of hydrogen-bond donors (Lipinski definition) is 3. The fourth-order valence-electron chi connectivity index (χ4n) is 5.53. The van der Waals surface area contributed by atoms with E-state index in [1.54, 1.807) is 18.9 Å². The van der Waals surface area contributed by atoms with Crippen LogP contribution >= 0.6 is 0 Å². The summed E-state index contributed by atoms with van der Waals surface area (Å²) in [6.07, 6.45) is 13.8. The van der Waals surface area contributed by atoms with E-state index in [0.717, 1.165) is 36.8 Å². The molecular weight excluding hydrogens is 512 g/mol. The Hall–Kier alpha value is -3.19. The van der Waals surface area contributed by atoms with Gasteiger partial charge in [-0.3, -0.25) is 14.4 Å². The SMILES string of the molecule is CCC.CN[C@@H](C)C(=O)N[C@H](C(=O)N1CC2=C(C=CCC=C2)C[C@H]1C(=O)N[C@@H]1CCCc2ccccc21)C(C)(C)C.[HH].[HH].[HH]. The number of allylic oxidation sites excluding steroid dienone is 3. The van der Waals surface area contributed by atoms with Crippen LogP contribution in [0.5, 0.6) is 0 Å². The lowest BCUT2D eigenvalue weighted by molar-refractivity contribution is -0.146. The molecule has 1 heterocycles. The van der Waals surface area contributed by atoms with Crippen molar-refractivity contribution >= 4 is 17.7 Å². The monoisotopic (exact) mass is 568 g/mol. The van der Waals surface area contributed by atoms with E-state index in [-0.39, 0.29) is 28.0 Å². The maximum absolute atomic E-state index is 14.2. The van der Waals surface area contributed by atoms with Crippen LogP contribution in [0.4, 0.5) is 0 Å². The summed E-state index contributed by atoms with van der Waals surface area (Å²) < 4.78 is 0. The molecule has 4 atom stereocenters. The Bertz CT molecular complexity index is 1190. The van der Waals surface area contributed by atoms with Gasteiger partial charge in [0.15, 0.2) is 0 Å². The molecule has 0 unspecified atom stereocenters. The van der Waals surface area contributed by atoms with E-state index in [4.69, 9.17) is 0 Å². The van der Waals surface area contributed by atoms with Crippen molar-refractivity contribution < 1.29 is 18.7 Å². The van der Waals surface area contributed by atoms with Crippen molar-refractivity contribution in [3.63, 3.8) is 0 Å². The molecule has 0 spiro atoms. The molecule has 1 aliphatic heterocycles. The summed E-state index contributed by atoms with van der Waals surface area (Å²) in [6.45, 7) is 12.2. The van der Waals surface area contributed by atoms with Crippen molar-refractivity contribution in [2.24, 2.45) is 5.41 Å². The molecule has 0 radical (unpaired) electrons. The molecule has 0 saturated heterocycles. The van der Waals surface area contributed by atoms with Gasteiger partial charge in [0.05, 0.1) is 12.1 Å². The summed E-state index contributed by atoms with van der Waals surface area (Å²) in [5, 5.41) is 9.20. The summed E-state index contributed by atoms with van der Waals surface area (Å²) in [6, 6.07) is 6.34. The zero-order valence-electron chi connectivity index (χ0n) is 26.0. The Balaban J connectivity index is 0.00000296. The van der Waals surface area contributed by atoms with Gasteiger partial charge >= 0.3 is 0 Å². The highest BCUT2D eigenvalue weighted by atomic mass is 16.2. The van der Waals surface area contributed by atoms with Crippen molar-refractivity contribution in [1.82, 2.24) is 20.9 Å². The van der Waals surface area contributed by atoms with Gasteiger partial charge in [-0.1, -0.05) is 89.6 Å². The van der Waals surface area contributed by atoms with Crippen LogP contribution in [0.2, 0.25) is 0 Å². The Morgan fingerprint density at radius 2 is 1.73 bits per heavy atom. The highest BCUT2D eigenvalue weighted by Crippen LogP contribution is 2.33. The van der Waals surface area contributed by atoms with Gasteiger partial charge in [0.1, 0.15) is 12.1 Å². The van der Waals surface area contributed by atoms with Gasteiger partial charge in [0, 0.05) is 17.2 Å². The van der Waals surface area contributed by atoms with E-state index >= 15 is 0 Å². The van der Waals surface area contributed by atoms with Gasteiger partial charge in [0.2, 0.25) is 17.7 Å². The topological polar surface area (TPSA) is 90.5 Å². The van der Waals surface area contributed by atoms with E-state index in [0.29, 0.717) is 13.0 Å². The number of benzene rings is 1. The molecule has 4 rings (SSSR count). The van der Waals surface area contributed by atoms with Gasteiger partial charge < -0.3 is 20.9 Å². The number of rotatable bonds is 6. The molecule has 2 aliphatic carbocycles. The third-order valence-corrected chi connectivity index (χ3v) is 7.95. The van der Waals surface area contributed by atoms with E-state index in [1.807, 2.05) is 32.9 Å². The molecule has 3 aliphatic rings. The largest absolute Gasteiger partial charge is 0.347 e. The van der Waals surface area contributed by atoms with Gasteiger partial charge in [0.25, 0.3) is 0 Å². The van der Waals surface area contributed by atoms with Crippen molar-refractivity contribution in [3.8, 4) is 0 Å². The van der Waals surface area contributed by atoms with Crippen LogP contribution in [0.1, 0.15) is 95.1 Å². The van der Waals surface area contributed by atoms with Crippen LogP contribution < -0.4 is 16.0 Å². The van der Waals surface area contributed by atoms with E-state index < -0.39 is 23.5 Å². The van der Waals surface area contributed by atoms with Crippen LogP contribution in [0, 0.1) is 5.41 Å².